The zero-order chi connectivity index (χ0) is 11.1. The van der Waals surface area contributed by atoms with Gasteiger partial charge in [0.2, 0.25) is 0 Å². The average Bonchev–Trinajstić information content (AvgIpc) is 3.01. The zero-order valence-electron chi connectivity index (χ0n) is 10.3. The topological polar surface area (TPSA) is 3.24 Å². The van der Waals surface area contributed by atoms with E-state index in [0.29, 0.717) is 6.04 Å². The second-order valence-corrected chi connectivity index (χ2v) is 5.39. The number of benzene rings is 1. The minimum atomic E-state index is 0.601. The van der Waals surface area contributed by atoms with Crippen LogP contribution in [-0.2, 0) is 0 Å². The standard InChI is InChI=1S/C15H21N/c1-3-14-9-13-10-15(13)16(14)11(2)12-7-5-4-6-8-12/h4-8,11,13-15H,3,9-10H2,1-2H3/t11-,13-,14-,15-/m1/s1. The lowest BCUT2D eigenvalue weighted by molar-refractivity contribution is 0.157. The first kappa shape index (κ1) is 10.3. The molecule has 1 heterocycles. The highest BCUT2D eigenvalue weighted by molar-refractivity contribution is 5.21. The molecule has 0 unspecified atom stereocenters. The molecule has 1 aliphatic carbocycles. The fraction of sp³-hybridized carbons (Fsp3) is 0.600. The Bertz CT molecular complexity index is 359. The summed E-state index contributed by atoms with van der Waals surface area (Å²) < 4.78 is 0. The highest BCUT2D eigenvalue weighted by Gasteiger charge is 2.52. The van der Waals surface area contributed by atoms with Gasteiger partial charge in [-0.1, -0.05) is 37.3 Å². The molecule has 4 atom stereocenters. The van der Waals surface area contributed by atoms with Crippen molar-refractivity contribution in [2.24, 2.45) is 5.92 Å². The Balaban J connectivity index is 1.81. The molecule has 0 N–H and O–H groups in total. The molecule has 1 aromatic carbocycles. The summed E-state index contributed by atoms with van der Waals surface area (Å²) in [5, 5.41) is 0. The van der Waals surface area contributed by atoms with Crippen LogP contribution in [0, 0.1) is 5.92 Å². The first-order valence-electron chi connectivity index (χ1n) is 6.63. The van der Waals surface area contributed by atoms with E-state index in [-0.39, 0.29) is 0 Å². The van der Waals surface area contributed by atoms with Crippen molar-refractivity contribution < 1.29 is 0 Å². The maximum atomic E-state index is 2.78. The van der Waals surface area contributed by atoms with E-state index in [4.69, 9.17) is 0 Å². The Morgan fingerprint density at radius 2 is 2.00 bits per heavy atom. The van der Waals surface area contributed by atoms with Crippen LogP contribution in [0.25, 0.3) is 0 Å². The summed E-state index contributed by atoms with van der Waals surface area (Å²) >= 11 is 0. The molecule has 2 fully saturated rings. The molecule has 1 saturated carbocycles. The monoisotopic (exact) mass is 215 g/mol. The minimum Gasteiger partial charge on any atom is -0.290 e. The van der Waals surface area contributed by atoms with Crippen molar-refractivity contribution in [2.75, 3.05) is 0 Å². The molecule has 0 bridgehead atoms. The maximum absolute atomic E-state index is 2.78. The third-order valence-electron chi connectivity index (χ3n) is 4.47. The van der Waals surface area contributed by atoms with Crippen molar-refractivity contribution in [3.63, 3.8) is 0 Å². The molecule has 0 aromatic heterocycles. The Labute approximate surface area is 98.5 Å². The van der Waals surface area contributed by atoms with E-state index >= 15 is 0 Å². The number of hydrogen-bond donors (Lipinski definition) is 0. The highest BCUT2D eigenvalue weighted by Crippen LogP contribution is 2.51. The first-order chi connectivity index (χ1) is 7.81. The van der Waals surface area contributed by atoms with Gasteiger partial charge in [0.25, 0.3) is 0 Å². The van der Waals surface area contributed by atoms with E-state index in [2.05, 4.69) is 49.1 Å². The van der Waals surface area contributed by atoms with Crippen molar-refractivity contribution in [3.8, 4) is 0 Å². The normalized spacial score (nSPS) is 34.8. The molecular weight excluding hydrogens is 194 g/mol. The second-order valence-electron chi connectivity index (χ2n) is 5.39. The predicted octanol–water partition coefficient (Wildman–Crippen LogP) is 3.62. The Kier molecular flexibility index (Phi) is 2.51. The molecule has 0 spiro atoms. The summed E-state index contributed by atoms with van der Waals surface area (Å²) in [6.45, 7) is 4.71. The van der Waals surface area contributed by atoms with Crippen LogP contribution in [0.5, 0.6) is 0 Å². The number of hydrogen-bond acceptors (Lipinski definition) is 1. The fourth-order valence-electron chi connectivity index (χ4n) is 3.48. The average molecular weight is 215 g/mol. The molecule has 0 amide bonds. The summed E-state index contributed by atoms with van der Waals surface area (Å²) in [6, 6.07) is 13.3. The summed E-state index contributed by atoms with van der Waals surface area (Å²) in [4.78, 5) is 2.78. The lowest BCUT2D eigenvalue weighted by Gasteiger charge is -2.33. The van der Waals surface area contributed by atoms with Gasteiger partial charge < -0.3 is 0 Å². The second kappa shape index (κ2) is 3.89. The van der Waals surface area contributed by atoms with Gasteiger partial charge >= 0.3 is 0 Å². The van der Waals surface area contributed by atoms with E-state index < -0.39 is 0 Å². The summed E-state index contributed by atoms with van der Waals surface area (Å²) in [5.41, 5.74) is 1.48. The van der Waals surface area contributed by atoms with Crippen LogP contribution < -0.4 is 0 Å². The molecule has 0 radical (unpaired) electrons. The Morgan fingerprint density at radius 1 is 1.25 bits per heavy atom. The molecule has 1 aliphatic heterocycles. The molecular formula is C15H21N. The van der Waals surface area contributed by atoms with Gasteiger partial charge in [0.05, 0.1) is 0 Å². The van der Waals surface area contributed by atoms with Gasteiger partial charge in [-0.3, -0.25) is 4.90 Å². The van der Waals surface area contributed by atoms with Gasteiger partial charge in [-0.15, -0.1) is 0 Å². The molecule has 3 rings (SSSR count). The molecule has 2 aliphatic rings. The van der Waals surface area contributed by atoms with Crippen LogP contribution in [0.4, 0.5) is 0 Å². The van der Waals surface area contributed by atoms with Crippen molar-refractivity contribution in [2.45, 2.75) is 51.2 Å². The molecule has 1 heteroatoms. The smallest absolute Gasteiger partial charge is 0.0325 e. The van der Waals surface area contributed by atoms with Gasteiger partial charge in [0, 0.05) is 18.1 Å². The van der Waals surface area contributed by atoms with Crippen LogP contribution >= 0.6 is 0 Å². The van der Waals surface area contributed by atoms with Gasteiger partial charge in [0.15, 0.2) is 0 Å². The Morgan fingerprint density at radius 3 is 2.69 bits per heavy atom. The lowest BCUT2D eigenvalue weighted by Crippen LogP contribution is -2.34. The van der Waals surface area contributed by atoms with Crippen LogP contribution in [0.2, 0.25) is 0 Å². The van der Waals surface area contributed by atoms with Gasteiger partial charge in [0.1, 0.15) is 0 Å². The molecule has 1 saturated heterocycles. The highest BCUT2D eigenvalue weighted by atomic mass is 15.3. The SMILES string of the molecule is CC[C@@H]1C[C@@H]2C[C@H]2N1[C@H](C)c1ccccc1. The van der Waals surface area contributed by atoms with E-state index in [1.807, 2.05) is 0 Å². The predicted molar refractivity (Wildman–Crippen MR) is 67.3 cm³/mol. The summed E-state index contributed by atoms with van der Waals surface area (Å²) in [5.74, 6) is 1.02. The van der Waals surface area contributed by atoms with E-state index in [9.17, 15) is 0 Å². The number of fused-ring (bicyclic) bond motifs is 1. The number of nitrogens with zero attached hydrogens (tertiary/aromatic N) is 1. The lowest BCUT2D eigenvalue weighted by atomic mass is 10.0. The first-order valence-corrected chi connectivity index (χ1v) is 6.63. The fourth-order valence-corrected chi connectivity index (χ4v) is 3.48. The van der Waals surface area contributed by atoms with Crippen LogP contribution in [0.1, 0.15) is 44.7 Å². The minimum absolute atomic E-state index is 0.601. The van der Waals surface area contributed by atoms with Gasteiger partial charge in [-0.05, 0) is 37.7 Å². The van der Waals surface area contributed by atoms with E-state index in [1.54, 1.807) is 0 Å². The van der Waals surface area contributed by atoms with Crippen molar-refractivity contribution in [1.29, 1.82) is 0 Å². The van der Waals surface area contributed by atoms with Gasteiger partial charge in [-0.25, -0.2) is 0 Å². The van der Waals surface area contributed by atoms with Crippen LogP contribution in [0.3, 0.4) is 0 Å². The van der Waals surface area contributed by atoms with Gasteiger partial charge in [-0.2, -0.15) is 0 Å². The van der Waals surface area contributed by atoms with Crippen LogP contribution in [-0.4, -0.2) is 17.0 Å². The largest absolute Gasteiger partial charge is 0.290 e. The van der Waals surface area contributed by atoms with Crippen LogP contribution in [0.15, 0.2) is 30.3 Å². The zero-order valence-corrected chi connectivity index (χ0v) is 10.3. The third-order valence-corrected chi connectivity index (χ3v) is 4.47. The molecule has 86 valence electrons. The molecule has 1 nitrogen and oxygen atoms in total. The van der Waals surface area contributed by atoms with E-state index in [1.165, 1.54) is 24.8 Å². The maximum Gasteiger partial charge on any atom is 0.0325 e. The van der Waals surface area contributed by atoms with Crippen molar-refractivity contribution in [1.82, 2.24) is 4.90 Å². The number of likely N-dealkylation sites (tertiary alicyclic amines) is 1. The van der Waals surface area contributed by atoms with Crippen molar-refractivity contribution in [3.05, 3.63) is 35.9 Å². The number of rotatable bonds is 3. The quantitative estimate of drug-likeness (QED) is 0.744. The molecule has 16 heavy (non-hydrogen) atoms. The third kappa shape index (κ3) is 1.58. The number of piperidine rings is 1. The molecule has 1 aromatic rings. The Hall–Kier alpha value is -0.820. The van der Waals surface area contributed by atoms with E-state index in [0.717, 1.165) is 18.0 Å². The van der Waals surface area contributed by atoms with Crippen molar-refractivity contribution >= 4 is 0 Å². The summed E-state index contributed by atoms with van der Waals surface area (Å²) in [6.07, 6.45) is 4.20. The summed E-state index contributed by atoms with van der Waals surface area (Å²) in [7, 11) is 0.